The number of rotatable bonds is 6. The van der Waals surface area contributed by atoms with Crippen LogP contribution in [0.3, 0.4) is 0 Å². The SMILES string of the molecule is C=C(c1ccccc1)N(C(=O)CCl)c1c(CC)cccc1CC. The van der Waals surface area contributed by atoms with Gasteiger partial charge in [-0.1, -0.05) is 69.0 Å². The van der Waals surface area contributed by atoms with Gasteiger partial charge in [0.25, 0.3) is 0 Å². The van der Waals surface area contributed by atoms with Gasteiger partial charge in [0.2, 0.25) is 5.91 Å². The van der Waals surface area contributed by atoms with E-state index in [-0.39, 0.29) is 11.8 Å². The van der Waals surface area contributed by atoms with E-state index < -0.39 is 0 Å². The van der Waals surface area contributed by atoms with E-state index in [1.807, 2.05) is 36.4 Å². The second-order valence-corrected chi connectivity index (χ2v) is 5.57. The van der Waals surface area contributed by atoms with Crippen molar-refractivity contribution in [1.29, 1.82) is 0 Å². The average molecular weight is 328 g/mol. The fraction of sp³-hybridized carbons (Fsp3) is 0.250. The van der Waals surface area contributed by atoms with Crippen LogP contribution >= 0.6 is 11.6 Å². The van der Waals surface area contributed by atoms with Crippen molar-refractivity contribution >= 4 is 28.9 Å². The van der Waals surface area contributed by atoms with Gasteiger partial charge < -0.3 is 0 Å². The Bertz CT molecular complexity index is 672. The summed E-state index contributed by atoms with van der Waals surface area (Å²) in [7, 11) is 0. The van der Waals surface area contributed by atoms with Crippen LogP contribution in [-0.2, 0) is 17.6 Å². The number of hydrogen-bond donors (Lipinski definition) is 0. The summed E-state index contributed by atoms with van der Waals surface area (Å²) in [5.74, 6) is -0.233. The molecule has 0 radical (unpaired) electrons. The van der Waals surface area contributed by atoms with Gasteiger partial charge in [0.15, 0.2) is 0 Å². The van der Waals surface area contributed by atoms with Crippen LogP contribution in [0.5, 0.6) is 0 Å². The Kier molecular flexibility index (Phi) is 6.00. The number of para-hydroxylation sites is 1. The lowest BCUT2D eigenvalue weighted by atomic mass is 10.00. The molecule has 0 aromatic heterocycles. The van der Waals surface area contributed by atoms with E-state index in [2.05, 4.69) is 32.6 Å². The van der Waals surface area contributed by atoms with Crippen molar-refractivity contribution in [3.05, 3.63) is 71.8 Å². The number of hydrogen-bond acceptors (Lipinski definition) is 1. The Morgan fingerprint density at radius 2 is 1.57 bits per heavy atom. The number of halogens is 1. The number of amides is 1. The molecule has 23 heavy (non-hydrogen) atoms. The van der Waals surface area contributed by atoms with Gasteiger partial charge in [-0.25, -0.2) is 0 Å². The molecule has 0 saturated heterocycles. The van der Waals surface area contributed by atoms with Crippen LogP contribution in [0.15, 0.2) is 55.1 Å². The fourth-order valence-electron chi connectivity index (χ4n) is 2.73. The lowest BCUT2D eigenvalue weighted by Gasteiger charge is -2.29. The number of nitrogens with zero attached hydrogens (tertiary/aromatic N) is 1. The standard InChI is InChI=1S/C20H22ClNO/c1-4-16-12-9-13-17(5-2)20(16)22(19(23)14-21)15(3)18-10-7-6-8-11-18/h6-13H,3-5,14H2,1-2H3. The number of alkyl halides is 1. The zero-order valence-corrected chi connectivity index (χ0v) is 14.4. The second kappa shape index (κ2) is 7.98. The first kappa shape index (κ1) is 17.3. The molecule has 0 heterocycles. The molecule has 3 heteroatoms. The van der Waals surface area contributed by atoms with Crippen LogP contribution in [-0.4, -0.2) is 11.8 Å². The molecule has 120 valence electrons. The molecule has 0 N–H and O–H groups in total. The number of carbonyl (C=O) groups excluding carboxylic acids is 1. The van der Waals surface area contributed by atoms with Crippen molar-refractivity contribution < 1.29 is 4.79 Å². The van der Waals surface area contributed by atoms with E-state index in [0.29, 0.717) is 5.70 Å². The van der Waals surface area contributed by atoms with Gasteiger partial charge in [0.05, 0.1) is 5.69 Å². The van der Waals surface area contributed by atoms with Crippen LogP contribution in [0.1, 0.15) is 30.5 Å². The lowest BCUT2D eigenvalue weighted by Crippen LogP contribution is -2.31. The Hall–Kier alpha value is -2.06. The number of carbonyl (C=O) groups is 1. The molecule has 2 aromatic carbocycles. The van der Waals surface area contributed by atoms with E-state index in [1.54, 1.807) is 4.90 Å². The Balaban J connectivity index is 2.61. The Morgan fingerprint density at radius 1 is 1.00 bits per heavy atom. The first-order valence-electron chi connectivity index (χ1n) is 7.88. The first-order valence-corrected chi connectivity index (χ1v) is 8.41. The van der Waals surface area contributed by atoms with Crippen LogP contribution in [0, 0.1) is 0 Å². The van der Waals surface area contributed by atoms with Crippen LogP contribution in [0.4, 0.5) is 5.69 Å². The maximum absolute atomic E-state index is 12.6. The molecule has 0 bridgehead atoms. The van der Waals surface area contributed by atoms with E-state index in [9.17, 15) is 4.79 Å². The summed E-state index contributed by atoms with van der Waals surface area (Å²) in [5, 5.41) is 0. The Morgan fingerprint density at radius 3 is 2.04 bits per heavy atom. The van der Waals surface area contributed by atoms with E-state index in [0.717, 1.165) is 35.2 Å². The molecular formula is C20H22ClNO. The molecule has 0 aliphatic rings. The van der Waals surface area contributed by atoms with Crippen molar-refractivity contribution in [2.75, 3.05) is 10.8 Å². The Labute approximate surface area is 143 Å². The minimum atomic E-state index is -0.156. The molecular weight excluding hydrogens is 306 g/mol. The lowest BCUT2D eigenvalue weighted by molar-refractivity contribution is -0.115. The van der Waals surface area contributed by atoms with Gasteiger partial charge in [-0.3, -0.25) is 9.69 Å². The van der Waals surface area contributed by atoms with Crippen molar-refractivity contribution in [3.63, 3.8) is 0 Å². The van der Waals surface area contributed by atoms with Crippen LogP contribution in [0.25, 0.3) is 5.70 Å². The molecule has 2 nitrogen and oxygen atoms in total. The minimum Gasteiger partial charge on any atom is -0.279 e. The highest BCUT2D eigenvalue weighted by Gasteiger charge is 2.23. The molecule has 0 aliphatic carbocycles. The molecule has 0 fully saturated rings. The normalized spacial score (nSPS) is 10.4. The molecule has 0 unspecified atom stereocenters. The third-order valence-electron chi connectivity index (χ3n) is 3.93. The summed E-state index contributed by atoms with van der Waals surface area (Å²) in [6.07, 6.45) is 1.69. The number of benzene rings is 2. The predicted molar refractivity (Wildman–Crippen MR) is 98.9 cm³/mol. The highest BCUT2D eigenvalue weighted by atomic mass is 35.5. The van der Waals surface area contributed by atoms with Crippen molar-refractivity contribution in [1.82, 2.24) is 0 Å². The second-order valence-electron chi connectivity index (χ2n) is 5.31. The summed E-state index contributed by atoms with van der Waals surface area (Å²) in [5.41, 5.74) is 4.75. The summed E-state index contributed by atoms with van der Waals surface area (Å²) in [4.78, 5) is 14.3. The fourth-order valence-corrected chi connectivity index (χ4v) is 2.85. The maximum atomic E-state index is 12.6. The third kappa shape index (κ3) is 3.65. The van der Waals surface area contributed by atoms with Gasteiger partial charge in [-0.05, 0) is 29.5 Å². The van der Waals surface area contributed by atoms with Crippen molar-refractivity contribution in [2.45, 2.75) is 26.7 Å². The summed E-state index contributed by atoms with van der Waals surface area (Å²) >= 11 is 5.89. The molecule has 2 aromatic rings. The van der Waals surface area contributed by atoms with Gasteiger partial charge in [-0.15, -0.1) is 11.6 Å². The summed E-state index contributed by atoms with van der Waals surface area (Å²) < 4.78 is 0. The van der Waals surface area contributed by atoms with Crippen molar-refractivity contribution in [2.24, 2.45) is 0 Å². The number of aryl methyl sites for hydroxylation is 2. The average Bonchev–Trinajstić information content (AvgIpc) is 2.62. The molecule has 2 rings (SSSR count). The first-order chi connectivity index (χ1) is 11.1. The molecule has 1 amide bonds. The zero-order valence-electron chi connectivity index (χ0n) is 13.7. The largest absolute Gasteiger partial charge is 0.279 e. The van der Waals surface area contributed by atoms with Crippen molar-refractivity contribution in [3.8, 4) is 0 Å². The maximum Gasteiger partial charge on any atom is 0.246 e. The highest BCUT2D eigenvalue weighted by Crippen LogP contribution is 2.33. The molecule has 0 aliphatic heterocycles. The minimum absolute atomic E-state index is 0.0763. The third-order valence-corrected chi connectivity index (χ3v) is 4.16. The van der Waals surface area contributed by atoms with Gasteiger partial charge >= 0.3 is 0 Å². The van der Waals surface area contributed by atoms with E-state index >= 15 is 0 Å². The van der Waals surface area contributed by atoms with E-state index in [4.69, 9.17) is 11.6 Å². The van der Waals surface area contributed by atoms with Crippen LogP contribution < -0.4 is 4.90 Å². The summed E-state index contributed by atoms with van der Waals surface area (Å²) in [6, 6.07) is 15.9. The zero-order chi connectivity index (χ0) is 16.8. The summed E-state index contributed by atoms with van der Waals surface area (Å²) in [6.45, 7) is 8.35. The van der Waals surface area contributed by atoms with Gasteiger partial charge in [0.1, 0.15) is 5.88 Å². The number of anilines is 1. The molecule has 0 saturated carbocycles. The van der Waals surface area contributed by atoms with Gasteiger partial charge in [-0.2, -0.15) is 0 Å². The predicted octanol–water partition coefficient (Wildman–Crippen LogP) is 5.05. The molecule has 0 spiro atoms. The quantitative estimate of drug-likeness (QED) is 0.679. The van der Waals surface area contributed by atoms with E-state index in [1.165, 1.54) is 0 Å². The molecule has 0 atom stereocenters. The van der Waals surface area contributed by atoms with Crippen LogP contribution in [0.2, 0.25) is 0 Å². The highest BCUT2D eigenvalue weighted by molar-refractivity contribution is 6.31. The smallest absolute Gasteiger partial charge is 0.246 e. The monoisotopic (exact) mass is 327 g/mol. The topological polar surface area (TPSA) is 20.3 Å². The van der Waals surface area contributed by atoms with Gasteiger partial charge in [0, 0.05) is 5.70 Å².